The van der Waals surface area contributed by atoms with Gasteiger partial charge in [-0.2, -0.15) is 0 Å². The number of benzene rings is 1. The first-order valence-corrected chi connectivity index (χ1v) is 6.60. The van der Waals surface area contributed by atoms with Gasteiger partial charge in [-0.25, -0.2) is 0 Å². The second kappa shape index (κ2) is 5.18. The highest BCUT2D eigenvalue weighted by molar-refractivity contribution is 9.10. The zero-order valence-corrected chi connectivity index (χ0v) is 11.9. The summed E-state index contributed by atoms with van der Waals surface area (Å²) in [5.41, 5.74) is 1.98. The molecule has 4 nitrogen and oxygen atoms in total. The molecule has 1 aromatic carbocycles. The van der Waals surface area contributed by atoms with E-state index in [1.54, 1.807) is 6.92 Å². The topological polar surface area (TPSA) is 55.8 Å². The van der Waals surface area contributed by atoms with Crippen molar-refractivity contribution in [3.05, 3.63) is 21.7 Å². The van der Waals surface area contributed by atoms with Crippen LogP contribution in [0.4, 0.5) is 0 Å². The minimum Gasteiger partial charge on any atom is -0.486 e. The summed E-state index contributed by atoms with van der Waals surface area (Å²) in [6.45, 7) is 4.71. The number of ether oxygens (including phenoxy) is 2. The van der Waals surface area contributed by atoms with E-state index in [0.29, 0.717) is 25.4 Å². The Morgan fingerprint density at radius 3 is 2.83 bits per heavy atom. The molecule has 2 rings (SSSR count). The fourth-order valence-electron chi connectivity index (χ4n) is 1.95. The first-order valence-electron chi connectivity index (χ1n) is 5.81. The highest BCUT2D eigenvalue weighted by atomic mass is 79.9. The molecule has 0 aromatic heterocycles. The van der Waals surface area contributed by atoms with E-state index in [4.69, 9.17) is 14.6 Å². The van der Waals surface area contributed by atoms with Crippen molar-refractivity contribution in [3.8, 4) is 11.5 Å². The fourth-order valence-corrected chi connectivity index (χ4v) is 2.73. The number of halogens is 1. The number of aryl methyl sites for hydroxylation is 1. The van der Waals surface area contributed by atoms with Crippen LogP contribution in [0.5, 0.6) is 11.5 Å². The Hall–Kier alpha value is -1.23. The van der Waals surface area contributed by atoms with Gasteiger partial charge in [-0.3, -0.25) is 4.79 Å². The molecule has 1 atom stereocenters. The summed E-state index contributed by atoms with van der Waals surface area (Å²) in [6, 6.07) is 1.91. The number of aliphatic carboxylic acids is 1. The lowest BCUT2D eigenvalue weighted by Crippen LogP contribution is -2.18. The number of hydrogen-bond acceptors (Lipinski definition) is 3. The van der Waals surface area contributed by atoms with Gasteiger partial charge in [0, 0.05) is 0 Å². The number of carbonyl (C=O) groups is 1. The van der Waals surface area contributed by atoms with Crippen LogP contribution >= 0.6 is 15.9 Å². The number of fused-ring (bicyclic) bond motifs is 1. The van der Waals surface area contributed by atoms with Crippen LogP contribution < -0.4 is 9.47 Å². The largest absolute Gasteiger partial charge is 0.486 e. The molecule has 0 amide bonds. The molecule has 0 bridgehead atoms. The molecule has 0 saturated heterocycles. The first kappa shape index (κ1) is 13.2. The van der Waals surface area contributed by atoms with Gasteiger partial charge in [-0.1, -0.05) is 6.92 Å². The maximum absolute atomic E-state index is 10.9. The maximum Gasteiger partial charge on any atom is 0.306 e. The van der Waals surface area contributed by atoms with Crippen molar-refractivity contribution in [1.82, 2.24) is 0 Å². The van der Waals surface area contributed by atoms with Gasteiger partial charge in [0.1, 0.15) is 13.2 Å². The normalized spacial score (nSPS) is 15.3. The molecule has 5 heteroatoms. The zero-order valence-electron chi connectivity index (χ0n) is 10.3. The lowest BCUT2D eigenvalue weighted by molar-refractivity contribution is -0.141. The van der Waals surface area contributed by atoms with E-state index in [9.17, 15) is 4.79 Å². The second-order valence-corrected chi connectivity index (χ2v) is 5.25. The van der Waals surface area contributed by atoms with Crippen molar-refractivity contribution in [2.24, 2.45) is 5.92 Å². The van der Waals surface area contributed by atoms with Crippen LogP contribution in [-0.4, -0.2) is 24.3 Å². The Morgan fingerprint density at radius 1 is 1.50 bits per heavy atom. The summed E-state index contributed by atoms with van der Waals surface area (Å²) in [5.74, 6) is 0.176. The minimum absolute atomic E-state index is 0.428. The summed E-state index contributed by atoms with van der Waals surface area (Å²) < 4.78 is 11.9. The number of hydrogen-bond donors (Lipinski definition) is 1. The average molecular weight is 315 g/mol. The van der Waals surface area contributed by atoms with Gasteiger partial charge in [0.15, 0.2) is 11.5 Å². The Labute approximate surface area is 114 Å². The molecule has 1 heterocycles. The molecule has 0 fully saturated rings. The summed E-state index contributed by atoms with van der Waals surface area (Å²) in [7, 11) is 0. The predicted molar refractivity (Wildman–Crippen MR) is 70.4 cm³/mol. The lowest BCUT2D eigenvalue weighted by atomic mass is 9.97. The van der Waals surface area contributed by atoms with Crippen molar-refractivity contribution in [3.63, 3.8) is 0 Å². The van der Waals surface area contributed by atoms with E-state index >= 15 is 0 Å². The number of rotatable bonds is 3. The molecular weight excluding hydrogens is 300 g/mol. The molecule has 1 N–H and O–H groups in total. The Balaban J connectivity index is 2.38. The fraction of sp³-hybridized carbons (Fsp3) is 0.462. The quantitative estimate of drug-likeness (QED) is 0.932. The molecule has 0 saturated carbocycles. The molecule has 0 aliphatic carbocycles. The third kappa shape index (κ3) is 2.46. The van der Waals surface area contributed by atoms with Gasteiger partial charge < -0.3 is 14.6 Å². The van der Waals surface area contributed by atoms with Gasteiger partial charge in [-0.05, 0) is 46.5 Å². The van der Waals surface area contributed by atoms with Gasteiger partial charge in [0.25, 0.3) is 0 Å². The van der Waals surface area contributed by atoms with Gasteiger partial charge >= 0.3 is 5.97 Å². The van der Waals surface area contributed by atoms with Gasteiger partial charge in [0.2, 0.25) is 0 Å². The molecule has 98 valence electrons. The summed E-state index contributed by atoms with van der Waals surface area (Å²) in [6.07, 6.45) is 0.471. The van der Waals surface area contributed by atoms with Gasteiger partial charge in [-0.15, -0.1) is 0 Å². The molecule has 1 aliphatic heterocycles. The number of carboxylic acid groups (broad SMARTS) is 1. The third-order valence-electron chi connectivity index (χ3n) is 3.03. The van der Waals surface area contributed by atoms with E-state index in [2.05, 4.69) is 15.9 Å². The highest BCUT2D eigenvalue weighted by Crippen LogP contribution is 2.42. The molecule has 1 aromatic rings. The SMILES string of the molecule is Cc1cc2c(c(Br)c1CC(C)C(=O)O)OCCO2. The van der Waals surface area contributed by atoms with E-state index in [1.807, 2.05) is 13.0 Å². The van der Waals surface area contributed by atoms with Crippen molar-refractivity contribution in [2.75, 3.05) is 13.2 Å². The smallest absolute Gasteiger partial charge is 0.306 e. The molecule has 0 spiro atoms. The van der Waals surface area contributed by atoms with Crippen LogP contribution in [0.3, 0.4) is 0 Å². The third-order valence-corrected chi connectivity index (χ3v) is 3.87. The van der Waals surface area contributed by atoms with Crippen LogP contribution in [0.25, 0.3) is 0 Å². The Kier molecular flexibility index (Phi) is 3.80. The second-order valence-electron chi connectivity index (χ2n) is 4.45. The van der Waals surface area contributed by atoms with Crippen molar-refractivity contribution >= 4 is 21.9 Å². The monoisotopic (exact) mass is 314 g/mol. The maximum atomic E-state index is 10.9. The molecule has 1 aliphatic rings. The molecule has 0 radical (unpaired) electrons. The summed E-state index contributed by atoms with van der Waals surface area (Å²) in [5, 5.41) is 8.99. The van der Waals surface area contributed by atoms with Crippen LogP contribution in [0.2, 0.25) is 0 Å². The highest BCUT2D eigenvalue weighted by Gasteiger charge is 2.22. The van der Waals surface area contributed by atoms with Crippen LogP contribution in [0.15, 0.2) is 10.5 Å². The van der Waals surface area contributed by atoms with Crippen molar-refractivity contribution in [1.29, 1.82) is 0 Å². The van der Waals surface area contributed by atoms with Crippen molar-refractivity contribution in [2.45, 2.75) is 20.3 Å². The Bertz CT molecular complexity index is 484. The molecule has 18 heavy (non-hydrogen) atoms. The Morgan fingerprint density at radius 2 is 2.17 bits per heavy atom. The molecular formula is C13H15BrO4. The van der Waals surface area contributed by atoms with Gasteiger partial charge in [0.05, 0.1) is 10.4 Å². The molecule has 1 unspecified atom stereocenters. The van der Waals surface area contributed by atoms with E-state index in [0.717, 1.165) is 21.3 Å². The van der Waals surface area contributed by atoms with Crippen LogP contribution in [0, 0.1) is 12.8 Å². The lowest BCUT2D eigenvalue weighted by Gasteiger charge is -2.23. The summed E-state index contributed by atoms with van der Waals surface area (Å²) >= 11 is 3.50. The van der Waals surface area contributed by atoms with E-state index in [-0.39, 0.29) is 0 Å². The van der Waals surface area contributed by atoms with E-state index in [1.165, 1.54) is 0 Å². The van der Waals surface area contributed by atoms with Crippen LogP contribution in [-0.2, 0) is 11.2 Å². The first-order chi connectivity index (χ1) is 8.50. The zero-order chi connectivity index (χ0) is 13.3. The average Bonchev–Trinajstić information content (AvgIpc) is 2.34. The minimum atomic E-state index is -0.795. The summed E-state index contributed by atoms with van der Waals surface area (Å²) in [4.78, 5) is 10.9. The van der Waals surface area contributed by atoms with Crippen molar-refractivity contribution < 1.29 is 19.4 Å². The standard InChI is InChI=1S/C13H15BrO4/c1-7-6-10-12(18-4-3-17-10)11(14)9(7)5-8(2)13(15)16/h6,8H,3-5H2,1-2H3,(H,15,16). The van der Waals surface area contributed by atoms with Crippen LogP contribution in [0.1, 0.15) is 18.1 Å². The van der Waals surface area contributed by atoms with E-state index < -0.39 is 11.9 Å². The predicted octanol–water partition coefficient (Wildman–Crippen LogP) is 2.79. The number of carboxylic acids is 1.